The van der Waals surface area contributed by atoms with Crippen molar-refractivity contribution >= 4 is 51.8 Å². The van der Waals surface area contributed by atoms with Crippen molar-refractivity contribution in [2.45, 2.75) is 51.4 Å². The number of imidazole rings is 1. The minimum Gasteiger partial charge on any atom is -0.475 e. The quantitative estimate of drug-likeness (QED) is 0.232. The second-order valence-corrected chi connectivity index (χ2v) is 9.76. The summed E-state index contributed by atoms with van der Waals surface area (Å²) in [6.07, 6.45) is 11.9. The zero-order valence-electron chi connectivity index (χ0n) is 20.1. The number of nitrogens with one attached hydrogen (secondary N) is 1. The number of rotatable bonds is 11. The first-order chi connectivity index (χ1) is 17.0. The number of nitrogens with zero attached hydrogens (tertiary/aromatic N) is 4. The Bertz CT molecular complexity index is 1160. The van der Waals surface area contributed by atoms with Crippen LogP contribution in [0.2, 0.25) is 10.0 Å². The van der Waals surface area contributed by atoms with Gasteiger partial charge in [0.05, 0.1) is 27.9 Å². The molecule has 0 bridgehead atoms. The number of ketones is 1. The number of carbonyl (C=O) groups is 1. The van der Waals surface area contributed by atoms with Crippen LogP contribution < -0.4 is 10.1 Å². The number of methoxy groups -OCH3 is 1. The molecule has 1 aliphatic carbocycles. The van der Waals surface area contributed by atoms with Gasteiger partial charge >= 0.3 is 0 Å². The highest BCUT2D eigenvalue weighted by Crippen LogP contribution is 2.33. The number of halogens is 2. The maximum Gasteiger partial charge on any atom is 0.226 e. The molecule has 0 aliphatic heterocycles. The summed E-state index contributed by atoms with van der Waals surface area (Å²) < 4.78 is 12.7. The second kappa shape index (κ2) is 12.0. The van der Waals surface area contributed by atoms with E-state index in [2.05, 4.69) is 20.3 Å². The molecule has 35 heavy (non-hydrogen) atoms. The van der Waals surface area contributed by atoms with Gasteiger partial charge in [0, 0.05) is 33.0 Å². The van der Waals surface area contributed by atoms with Crippen LogP contribution in [0.3, 0.4) is 0 Å². The van der Waals surface area contributed by atoms with Crippen LogP contribution in [0, 0.1) is 5.92 Å². The zero-order valence-corrected chi connectivity index (χ0v) is 21.7. The molecule has 0 saturated heterocycles. The highest BCUT2D eigenvalue weighted by molar-refractivity contribution is 6.39. The van der Waals surface area contributed by atoms with E-state index in [0.717, 1.165) is 18.8 Å². The average Bonchev–Trinajstić information content (AvgIpc) is 3.16. The molecule has 0 atom stereocenters. The first-order valence-corrected chi connectivity index (χ1v) is 12.8. The number of aromatic nitrogens is 4. The molecule has 10 heteroatoms. The first-order valence-electron chi connectivity index (χ1n) is 12.1. The fraction of sp³-hybridized carbons (Fsp3) is 0.520. The lowest BCUT2D eigenvalue weighted by Gasteiger charge is -2.21. The molecule has 188 valence electrons. The molecule has 4 rings (SSSR count). The minimum atomic E-state index is 0.0167. The molecule has 0 unspecified atom stereocenters. The molecule has 8 nitrogen and oxygen atoms in total. The highest BCUT2D eigenvalue weighted by Gasteiger charge is 2.21. The summed E-state index contributed by atoms with van der Waals surface area (Å²) in [5.74, 6) is 1.54. The number of pyridine rings is 2. The highest BCUT2D eigenvalue weighted by atomic mass is 35.5. The number of carbonyl (C=O) groups excluding carboxylic acids is 1. The fourth-order valence-corrected chi connectivity index (χ4v) is 5.00. The van der Waals surface area contributed by atoms with Crippen molar-refractivity contribution in [2.24, 2.45) is 13.0 Å². The monoisotopic (exact) mass is 519 g/mol. The fourth-order valence-electron chi connectivity index (χ4n) is 4.54. The van der Waals surface area contributed by atoms with Gasteiger partial charge in [0.2, 0.25) is 11.8 Å². The summed E-state index contributed by atoms with van der Waals surface area (Å²) >= 11 is 12.5. The molecule has 3 aromatic rings. The third-order valence-corrected chi connectivity index (χ3v) is 7.04. The first kappa shape index (κ1) is 25.7. The molecule has 0 spiro atoms. The van der Waals surface area contributed by atoms with Crippen LogP contribution in [-0.2, 0) is 11.8 Å². The van der Waals surface area contributed by atoms with E-state index < -0.39 is 0 Å². The van der Waals surface area contributed by atoms with Gasteiger partial charge in [-0.2, -0.15) is 4.98 Å². The van der Waals surface area contributed by atoms with Gasteiger partial charge in [-0.3, -0.25) is 14.3 Å². The van der Waals surface area contributed by atoms with E-state index >= 15 is 0 Å². The van der Waals surface area contributed by atoms with Gasteiger partial charge < -0.3 is 14.8 Å². The van der Waals surface area contributed by atoms with Gasteiger partial charge in [-0.25, -0.2) is 4.98 Å². The maximum atomic E-state index is 13.2. The summed E-state index contributed by atoms with van der Waals surface area (Å²) in [5, 5.41) is 3.89. The van der Waals surface area contributed by atoms with E-state index in [0.29, 0.717) is 63.9 Å². The summed E-state index contributed by atoms with van der Waals surface area (Å²) in [6, 6.07) is 1.76. The van der Waals surface area contributed by atoms with Gasteiger partial charge in [-0.05, 0) is 18.4 Å². The van der Waals surface area contributed by atoms with E-state index in [4.69, 9.17) is 32.7 Å². The smallest absolute Gasteiger partial charge is 0.226 e. The molecule has 0 aromatic carbocycles. The van der Waals surface area contributed by atoms with E-state index in [9.17, 15) is 4.79 Å². The van der Waals surface area contributed by atoms with Crippen molar-refractivity contribution in [1.82, 2.24) is 19.5 Å². The van der Waals surface area contributed by atoms with Crippen molar-refractivity contribution < 1.29 is 14.3 Å². The number of hydrogen-bond acceptors (Lipinski definition) is 7. The van der Waals surface area contributed by atoms with Crippen molar-refractivity contribution in [1.29, 1.82) is 0 Å². The van der Waals surface area contributed by atoms with Gasteiger partial charge in [-0.15, -0.1) is 0 Å². The second-order valence-electron chi connectivity index (χ2n) is 8.94. The molecule has 1 saturated carbocycles. The van der Waals surface area contributed by atoms with Crippen LogP contribution in [-0.4, -0.2) is 45.6 Å². The molecular formula is C25H31Cl2N5O3. The van der Waals surface area contributed by atoms with Gasteiger partial charge in [0.15, 0.2) is 11.4 Å². The van der Waals surface area contributed by atoms with Crippen LogP contribution in [0.5, 0.6) is 5.88 Å². The number of anilines is 2. The Morgan fingerprint density at radius 3 is 2.60 bits per heavy atom. The number of ether oxygens (including phenoxy) is 2. The zero-order chi connectivity index (χ0) is 24.8. The molecule has 1 N–H and O–H groups in total. The van der Waals surface area contributed by atoms with Crippen molar-refractivity contribution in [2.75, 3.05) is 25.6 Å². The Labute approximate surface area is 215 Å². The lowest BCUT2D eigenvalue weighted by atomic mass is 9.85. The SMILES string of the molecule is COCCOc1nc2c(cc1C(=O)CCCC1CCCCC1)nc(Nc1c(Cl)cncc1Cl)n2C. The Morgan fingerprint density at radius 2 is 1.89 bits per heavy atom. The summed E-state index contributed by atoms with van der Waals surface area (Å²) in [7, 11) is 3.42. The predicted molar refractivity (Wildman–Crippen MR) is 138 cm³/mol. The molecule has 3 heterocycles. The number of aryl methyl sites for hydroxylation is 1. The van der Waals surface area contributed by atoms with E-state index in [1.807, 2.05) is 7.05 Å². The van der Waals surface area contributed by atoms with Gasteiger partial charge in [-0.1, -0.05) is 61.7 Å². The number of fused-ring (bicyclic) bond motifs is 1. The lowest BCUT2D eigenvalue weighted by Crippen LogP contribution is -2.11. The van der Waals surface area contributed by atoms with Crippen molar-refractivity contribution in [3.05, 3.63) is 34.1 Å². The number of Topliss-reactive ketones (excluding diaryl/α,β-unsaturated/α-hetero) is 1. The molecule has 3 aromatic heterocycles. The Balaban J connectivity index is 1.58. The van der Waals surface area contributed by atoms with Crippen molar-refractivity contribution in [3.8, 4) is 5.88 Å². The van der Waals surface area contributed by atoms with E-state index in [1.165, 1.54) is 44.5 Å². The maximum absolute atomic E-state index is 13.2. The Kier molecular flexibility index (Phi) is 8.81. The molecular weight excluding hydrogens is 489 g/mol. The molecule has 1 aliphatic rings. The molecule has 1 fully saturated rings. The Morgan fingerprint density at radius 1 is 1.14 bits per heavy atom. The van der Waals surface area contributed by atoms with Crippen LogP contribution >= 0.6 is 23.2 Å². The Hall–Kier alpha value is -2.42. The van der Waals surface area contributed by atoms with Crippen LogP contribution in [0.1, 0.15) is 61.7 Å². The van der Waals surface area contributed by atoms with Crippen LogP contribution in [0.25, 0.3) is 11.2 Å². The van der Waals surface area contributed by atoms with Crippen molar-refractivity contribution in [3.63, 3.8) is 0 Å². The standard InChI is InChI=1S/C25H31Cl2N5O3/c1-32-23-20(29-25(32)30-22-18(26)14-28-15-19(22)27)13-17(24(31-23)35-12-11-34-2)21(33)10-6-9-16-7-4-3-5-8-16/h13-16H,3-12H2,1-2H3,(H,28,29,30). The normalized spacial score (nSPS) is 14.4. The van der Waals surface area contributed by atoms with Gasteiger partial charge in [0.1, 0.15) is 12.1 Å². The molecule has 0 radical (unpaired) electrons. The molecule has 0 amide bonds. The van der Waals surface area contributed by atoms with Crippen LogP contribution in [0.4, 0.5) is 11.6 Å². The van der Waals surface area contributed by atoms with E-state index in [1.54, 1.807) is 17.7 Å². The largest absolute Gasteiger partial charge is 0.475 e. The van der Waals surface area contributed by atoms with Gasteiger partial charge in [0.25, 0.3) is 0 Å². The topological polar surface area (TPSA) is 91.2 Å². The van der Waals surface area contributed by atoms with E-state index in [-0.39, 0.29) is 5.78 Å². The number of hydrogen-bond donors (Lipinski definition) is 1. The summed E-state index contributed by atoms with van der Waals surface area (Å²) in [5.41, 5.74) is 2.09. The lowest BCUT2D eigenvalue weighted by molar-refractivity contribution is 0.0967. The summed E-state index contributed by atoms with van der Waals surface area (Å²) in [4.78, 5) is 26.5. The third kappa shape index (κ3) is 6.23. The third-order valence-electron chi connectivity index (χ3n) is 6.47. The predicted octanol–water partition coefficient (Wildman–Crippen LogP) is 6.37. The minimum absolute atomic E-state index is 0.0167. The van der Waals surface area contributed by atoms with Crippen LogP contribution in [0.15, 0.2) is 18.5 Å². The summed E-state index contributed by atoms with van der Waals surface area (Å²) in [6.45, 7) is 0.689. The average molecular weight is 520 g/mol.